The second-order valence-electron chi connectivity index (χ2n) is 5.07. The first-order chi connectivity index (χ1) is 10.7. The Hall–Kier alpha value is -0.250. The quantitative estimate of drug-likeness (QED) is 0.549. The van der Waals surface area contributed by atoms with Crippen molar-refractivity contribution in [3.05, 3.63) is 21.1 Å². The standard InChI is InChI=1S/C15H23Br2NO5/c1-5-22-10(3)18-13(19)9-14(20)7-11(16)15(21-4,23-6-2)12(17)8-14/h7-8,10,20H,5-6,9H2,1-4H3,(H,18,19). The number of aliphatic hydroxyl groups is 1. The molecule has 0 aliphatic heterocycles. The smallest absolute Gasteiger partial charge is 0.235 e. The van der Waals surface area contributed by atoms with Crippen LogP contribution >= 0.6 is 31.9 Å². The van der Waals surface area contributed by atoms with Crippen LogP contribution in [0.5, 0.6) is 0 Å². The van der Waals surface area contributed by atoms with Crippen LogP contribution in [0.15, 0.2) is 21.1 Å². The maximum Gasteiger partial charge on any atom is 0.235 e. The number of amides is 1. The van der Waals surface area contributed by atoms with Gasteiger partial charge in [-0.2, -0.15) is 0 Å². The van der Waals surface area contributed by atoms with Crippen molar-refractivity contribution in [1.29, 1.82) is 0 Å². The molecule has 0 aromatic rings. The molecule has 0 fully saturated rings. The van der Waals surface area contributed by atoms with Gasteiger partial charge >= 0.3 is 0 Å². The minimum atomic E-state index is -1.47. The van der Waals surface area contributed by atoms with Crippen molar-refractivity contribution < 1.29 is 24.1 Å². The maximum atomic E-state index is 12.1. The Bertz CT molecular complexity index is 472. The summed E-state index contributed by atoms with van der Waals surface area (Å²) in [4.78, 5) is 12.1. The summed E-state index contributed by atoms with van der Waals surface area (Å²) in [6.07, 6.45) is 2.44. The number of carbonyl (C=O) groups excluding carboxylic acids is 1. The topological polar surface area (TPSA) is 77.0 Å². The highest BCUT2D eigenvalue weighted by Gasteiger charge is 2.45. The Labute approximate surface area is 153 Å². The van der Waals surface area contributed by atoms with Crippen molar-refractivity contribution in [3.63, 3.8) is 0 Å². The molecule has 0 spiro atoms. The van der Waals surface area contributed by atoms with Crippen molar-refractivity contribution in [1.82, 2.24) is 5.32 Å². The Morgan fingerprint density at radius 3 is 2.30 bits per heavy atom. The summed E-state index contributed by atoms with van der Waals surface area (Å²) in [5.74, 6) is -1.47. The van der Waals surface area contributed by atoms with Gasteiger partial charge in [0.1, 0.15) is 11.8 Å². The van der Waals surface area contributed by atoms with Gasteiger partial charge in [-0.05, 0) is 64.8 Å². The van der Waals surface area contributed by atoms with Crippen LogP contribution in [-0.2, 0) is 19.0 Å². The predicted molar refractivity (Wildman–Crippen MR) is 94.2 cm³/mol. The normalized spacial score (nSPS) is 28.8. The second-order valence-corrected chi connectivity index (χ2v) is 6.78. The van der Waals surface area contributed by atoms with Crippen LogP contribution in [0.1, 0.15) is 27.2 Å². The van der Waals surface area contributed by atoms with Crippen molar-refractivity contribution in [2.75, 3.05) is 20.3 Å². The number of carbonyl (C=O) groups is 1. The molecule has 1 atom stereocenters. The molecule has 132 valence electrons. The molecule has 0 heterocycles. The van der Waals surface area contributed by atoms with Crippen molar-refractivity contribution >= 4 is 37.8 Å². The number of nitrogens with one attached hydrogen (secondary N) is 1. The van der Waals surface area contributed by atoms with Crippen molar-refractivity contribution in [2.45, 2.75) is 44.8 Å². The van der Waals surface area contributed by atoms with Crippen LogP contribution in [0, 0.1) is 0 Å². The van der Waals surface area contributed by atoms with Gasteiger partial charge in [0.05, 0.1) is 15.4 Å². The molecule has 23 heavy (non-hydrogen) atoms. The molecule has 1 amide bonds. The lowest BCUT2D eigenvalue weighted by atomic mass is 9.91. The van der Waals surface area contributed by atoms with Gasteiger partial charge in [-0.1, -0.05) is 0 Å². The third-order valence-electron chi connectivity index (χ3n) is 3.24. The van der Waals surface area contributed by atoms with E-state index in [4.69, 9.17) is 14.2 Å². The third-order valence-corrected chi connectivity index (χ3v) is 4.74. The third kappa shape index (κ3) is 5.11. The van der Waals surface area contributed by atoms with Gasteiger partial charge in [0.15, 0.2) is 0 Å². The van der Waals surface area contributed by atoms with Gasteiger partial charge in [0, 0.05) is 20.3 Å². The predicted octanol–water partition coefficient (Wildman–Crippen LogP) is 2.56. The molecular formula is C15H23Br2NO5. The molecule has 0 saturated carbocycles. The molecule has 2 N–H and O–H groups in total. The van der Waals surface area contributed by atoms with E-state index >= 15 is 0 Å². The number of rotatable bonds is 8. The van der Waals surface area contributed by atoms with Gasteiger partial charge < -0.3 is 24.6 Å². The Morgan fingerprint density at radius 2 is 1.87 bits per heavy atom. The molecule has 6 nitrogen and oxygen atoms in total. The first-order valence-electron chi connectivity index (χ1n) is 7.33. The van der Waals surface area contributed by atoms with E-state index in [1.54, 1.807) is 6.92 Å². The summed E-state index contributed by atoms with van der Waals surface area (Å²) >= 11 is 6.76. The van der Waals surface area contributed by atoms with E-state index in [1.807, 2.05) is 13.8 Å². The molecule has 0 aromatic carbocycles. The fraction of sp³-hybridized carbons (Fsp3) is 0.667. The van der Waals surface area contributed by atoms with Crippen molar-refractivity contribution in [2.24, 2.45) is 0 Å². The van der Waals surface area contributed by atoms with Crippen LogP contribution < -0.4 is 5.32 Å². The number of hydrogen-bond acceptors (Lipinski definition) is 5. The minimum absolute atomic E-state index is 0.152. The average Bonchev–Trinajstić information content (AvgIpc) is 2.42. The molecule has 0 radical (unpaired) electrons. The van der Waals surface area contributed by atoms with Crippen LogP contribution in [-0.4, -0.2) is 49.0 Å². The lowest BCUT2D eigenvalue weighted by Gasteiger charge is -2.38. The highest BCUT2D eigenvalue weighted by molar-refractivity contribution is 9.12. The number of ether oxygens (including phenoxy) is 3. The van der Waals surface area contributed by atoms with Gasteiger partial charge in [0.2, 0.25) is 11.7 Å². The van der Waals surface area contributed by atoms with Gasteiger partial charge in [0.25, 0.3) is 0 Å². The lowest BCUT2D eigenvalue weighted by Crippen LogP contribution is -2.45. The molecular weight excluding hydrogens is 434 g/mol. The van der Waals surface area contributed by atoms with E-state index in [9.17, 15) is 9.90 Å². The fourth-order valence-corrected chi connectivity index (χ4v) is 4.35. The molecule has 0 bridgehead atoms. The van der Waals surface area contributed by atoms with E-state index < -0.39 is 17.6 Å². The molecule has 0 aromatic heterocycles. The van der Waals surface area contributed by atoms with E-state index in [0.29, 0.717) is 22.2 Å². The highest BCUT2D eigenvalue weighted by Crippen LogP contribution is 2.44. The maximum absolute atomic E-state index is 12.1. The summed E-state index contributed by atoms with van der Waals surface area (Å²) in [6.45, 7) is 6.31. The van der Waals surface area contributed by atoms with Crippen LogP contribution in [0.3, 0.4) is 0 Å². The lowest BCUT2D eigenvalue weighted by molar-refractivity contribution is -0.157. The molecule has 0 saturated heterocycles. The summed E-state index contributed by atoms with van der Waals surface area (Å²) in [5, 5.41) is 13.4. The first kappa shape index (κ1) is 20.8. The Balaban J connectivity index is 2.91. The van der Waals surface area contributed by atoms with Crippen LogP contribution in [0.2, 0.25) is 0 Å². The number of hydrogen-bond donors (Lipinski definition) is 2. The second kappa shape index (κ2) is 8.73. The monoisotopic (exact) mass is 455 g/mol. The molecule has 1 rings (SSSR count). The zero-order valence-corrected chi connectivity index (χ0v) is 16.9. The Kier molecular flexibility index (Phi) is 7.89. The van der Waals surface area contributed by atoms with Crippen molar-refractivity contribution in [3.8, 4) is 0 Å². The zero-order chi connectivity index (χ0) is 17.7. The van der Waals surface area contributed by atoms with Gasteiger partial charge in [-0.3, -0.25) is 4.79 Å². The van der Waals surface area contributed by atoms with E-state index in [2.05, 4.69) is 37.2 Å². The summed E-state index contributed by atoms with van der Waals surface area (Å²) in [6, 6.07) is 0. The van der Waals surface area contributed by atoms with Crippen LogP contribution in [0.4, 0.5) is 0 Å². The van der Waals surface area contributed by atoms with E-state index in [1.165, 1.54) is 19.3 Å². The number of halogens is 2. The van der Waals surface area contributed by atoms with Crippen LogP contribution in [0.25, 0.3) is 0 Å². The Morgan fingerprint density at radius 1 is 1.30 bits per heavy atom. The summed E-state index contributed by atoms with van der Waals surface area (Å²) in [5.41, 5.74) is -1.47. The average molecular weight is 457 g/mol. The fourth-order valence-electron chi connectivity index (χ4n) is 2.31. The summed E-state index contributed by atoms with van der Waals surface area (Å²) < 4.78 is 17.3. The minimum Gasteiger partial charge on any atom is -0.381 e. The molecule has 1 aliphatic carbocycles. The van der Waals surface area contributed by atoms with Gasteiger partial charge in [-0.25, -0.2) is 0 Å². The highest BCUT2D eigenvalue weighted by atomic mass is 79.9. The first-order valence-corrected chi connectivity index (χ1v) is 8.91. The number of methoxy groups -OCH3 is 1. The zero-order valence-electron chi connectivity index (χ0n) is 13.7. The molecule has 1 unspecified atom stereocenters. The largest absolute Gasteiger partial charge is 0.381 e. The summed E-state index contributed by atoms with van der Waals surface area (Å²) in [7, 11) is 1.50. The van der Waals surface area contributed by atoms with Gasteiger partial charge in [-0.15, -0.1) is 0 Å². The molecule has 8 heteroatoms. The molecule has 1 aliphatic rings. The van der Waals surface area contributed by atoms with E-state index in [-0.39, 0.29) is 12.3 Å². The SMILES string of the molecule is CCOC(C)NC(=O)CC1(O)C=C(Br)C(OC)(OCC)C(Br)=C1. The van der Waals surface area contributed by atoms with E-state index in [0.717, 1.165) is 0 Å².